The quantitative estimate of drug-likeness (QED) is 0.903. The van der Waals surface area contributed by atoms with Gasteiger partial charge in [0.1, 0.15) is 0 Å². The van der Waals surface area contributed by atoms with Crippen LogP contribution < -0.4 is 5.32 Å². The molecule has 0 atom stereocenters. The van der Waals surface area contributed by atoms with E-state index in [1.807, 2.05) is 16.5 Å². The van der Waals surface area contributed by atoms with Gasteiger partial charge in [0.15, 0.2) is 5.69 Å². The summed E-state index contributed by atoms with van der Waals surface area (Å²) < 4.78 is 1.97. The summed E-state index contributed by atoms with van der Waals surface area (Å²) in [6.07, 6.45) is 4.26. The third-order valence-electron chi connectivity index (χ3n) is 5.79. The number of hydrogen-bond donors (Lipinski definition) is 1. The minimum atomic E-state index is 0.0556. The van der Waals surface area contributed by atoms with Crippen LogP contribution in [0.3, 0.4) is 0 Å². The zero-order valence-corrected chi connectivity index (χ0v) is 15.5. The molecule has 1 amide bonds. The Kier molecular flexibility index (Phi) is 4.95. The molecule has 2 aliphatic heterocycles. The van der Waals surface area contributed by atoms with E-state index in [4.69, 9.17) is 0 Å². The van der Waals surface area contributed by atoms with Crippen LogP contribution in [0.4, 0.5) is 0 Å². The van der Waals surface area contributed by atoms with Crippen molar-refractivity contribution in [1.82, 2.24) is 25.2 Å². The molecule has 6 heteroatoms. The molecule has 6 nitrogen and oxygen atoms in total. The largest absolute Gasteiger partial charge is 0.337 e. The van der Waals surface area contributed by atoms with E-state index in [1.54, 1.807) is 0 Å². The number of nitrogens with zero attached hydrogens (tertiary/aromatic N) is 4. The van der Waals surface area contributed by atoms with Gasteiger partial charge in [0, 0.05) is 13.1 Å². The topological polar surface area (TPSA) is 63.1 Å². The lowest BCUT2D eigenvalue weighted by Gasteiger charge is -2.38. The number of likely N-dealkylation sites (tertiary alicyclic amines) is 1. The number of carbonyl (C=O) groups excluding carboxylic acids is 1. The van der Waals surface area contributed by atoms with E-state index in [-0.39, 0.29) is 5.91 Å². The van der Waals surface area contributed by atoms with Crippen LogP contribution >= 0.6 is 0 Å². The third-order valence-corrected chi connectivity index (χ3v) is 5.79. The van der Waals surface area contributed by atoms with Crippen molar-refractivity contribution in [2.24, 2.45) is 11.3 Å². The molecule has 3 heterocycles. The maximum absolute atomic E-state index is 12.9. The van der Waals surface area contributed by atoms with Crippen molar-refractivity contribution in [1.29, 1.82) is 0 Å². The van der Waals surface area contributed by atoms with E-state index >= 15 is 0 Å². The number of nitrogens with one attached hydrogen (secondary N) is 1. The van der Waals surface area contributed by atoms with Crippen molar-refractivity contribution < 1.29 is 4.79 Å². The Balaban J connectivity index is 1.67. The average Bonchev–Trinajstić information content (AvgIpc) is 2.96. The van der Waals surface area contributed by atoms with Crippen molar-refractivity contribution in [2.45, 2.75) is 59.4 Å². The van der Waals surface area contributed by atoms with Crippen LogP contribution in [-0.4, -0.2) is 52.0 Å². The number of amides is 1. The van der Waals surface area contributed by atoms with Gasteiger partial charge in [-0.25, -0.2) is 4.68 Å². The molecule has 24 heavy (non-hydrogen) atoms. The highest BCUT2D eigenvalue weighted by Gasteiger charge is 2.32. The number of rotatable bonds is 2. The molecule has 0 radical (unpaired) electrons. The van der Waals surface area contributed by atoms with Crippen LogP contribution in [0, 0.1) is 18.3 Å². The molecule has 0 spiro atoms. The maximum Gasteiger partial charge on any atom is 0.276 e. The van der Waals surface area contributed by atoms with Gasteiger partial charge in [-0.15, -0.1) is 5.10 Å². The molecule has 3 rings (SSSR count). The number of piperidine rings is 2. The van der Waals surface area contributed by atoms with E-state index in [1.165, 1.54) is 0 Å². The van der Waals surface area contributed by atoms with Gasteiger partial charge in [0.2, 0.25) is 0 Å². The Bertz CT molecular complexity index is 575. The lowest BCUT2D eigenvalue weighted by atomic mass is 9.75. The van der Waals surface area contributed by atoms with Crippen molar-refractivity contribution in [3.63, 3.8) is 0 Å². The number of aromatic nitrogens is 3. The van der Waals surface area contributed by atoms with E-state index in [0.29, 0.717) is 23.1 Å². The van der Waals surface area contributed by atoms with Crippen LogP contribution in [0.5, 0.6) is 0 Å². The zero-order chi connectivity index (χ0) is 17.3. The first kappa shape index (κ1) is 17.4. The summed E-state index contributed by atoms with van der Waals surface area (Å²) in [5.41, 5.74) is 1.79. The highest BCUT2D eigenvalue weighted by atomic mass is 16.2. The first-order chi connectivity index (χ1) is 11.4. The molecular formula is C18H31N5O. The second-order valence-corrected chi connectivity index (χ2v) is 8.38. The van der Waals surface area contributed by atoms with Crippen molar-refractivity contribution >= 4 is 5.91 Å². The van der Waals surface area contributed by atoms with Gasteiger partial charge < -0.3 is 10.2 Å². The van der Waals surface area contributed by atoms with E-state index < -0.39 is 0 Å². The van der Waals surface area contributed by atoms with Gasteiger partial charge in [-0.05, 0) is 57.0 Å². The summed E-state index contributed by atoms with van der Waals surface area (Å²) in [5, 5.41) is 11.9. The summed E-state index contributed by atoms with van der Waals surface area (Å²) in [6.45, 7) is 12.6. The predicted molar refractivity (Wildman–Crippen MR) is 94.0 cm³/mol. The summed E-state index contributed by atoms with van der Waals surface area (Å²) in [6, 6.07) is 0.368. The van der Waals surface area contributed by atoms with Gasteiger partial charge in [0.05, 0.1) is 11.7 Å². The molecular weight excluding hydrogens is 302 g/mol. The van der Waals surface area contributed by atoms with Gasteiger partial charge in [-0.1, -0.05) is 26.0 Å². The minimum absolute atomic E-state index is 0.0556. The highest BCUT2D eigenvalue weighted by molar-refractivity contribution is 5.93. The lowest BCUT2D eigenvalue weighted by Crippen LogP contribution is -2.41. The van der Waals surface area contributed by atoms with Gasteiger partial charge in [-0.3, -0.25) is 4.79 Å². The summed E-state index contributed by atoms with van der Waals surface area (Å²) >= 11 is 0. The Morgan fingerprint density at radius 3 is 2.33 bits per heavy atom. The first-order valence-corrected chi connectivity index (χ1v) is 9.29. The second-order valence-electron chi connectivity index (χ2n) is 8.38. The molecule has 0 aromatic carbocycles. The van der Waals surface area contributed by atoms with Crippen LogP contribution in [0.25, 0.3) is 0 Å². The fourth-order valence-electron chi connectivity index (χ4n) is 4.03. The fourth-order valence-corrected chi connectivity index (χ4v) is 4.03. The minimum Gasteiger partial charge on any atom is -0.337 e. The molecule has 2 aliphatic rings. The Labute approximate surface area is 145 Å². The van der Waals surface area contributed by atoms with Crippen LogP contribution in [0.2, 0.25) is 0 Å². The molecule has 0 aliphatic carbocycles. The molecule has 1 N–H and O–H groups in total. The molecule has 0 unspecified atom stereocenters. The van der Waals surface area contributed by atoms with Crippen molar-refractivity contribution in [3.05, 3.63) is 11.4 Å². The maximum atomic E-state index is 12.9. The molecule has 2 saturated heterocycles. The molecule has 1 aromatic rings. The molecule has 0 bridgehead atoms. The standard InChI is InChI=1S/C18H31N5O/c1-13-16(20-21-23(13)15-5-9-19-10-6-15)17(24)22-11-7-14(8-12-22)18(2,3)4/h14-15,19H,5-12H2,1-4H3. The lowest BCUT2D eigenvalue weighted by molar-refractivity contribution is 0.0602. The molecule has 134 valence electrons. The fraction of sp³-hybridized carbons (Fsp3) is 0.833. The van der Waals surface area contributed by atoms with Crippen LogP contribution in [0.1, 0.15) is 68.7 Å². The summed E-state index contributed by atoms with van der Waals surface area (Å²) in [5.74, 6) is 0.744. The average molecular weight is 333 g/mol. The Morgan fingerprint density at radius 1 is 1.12 bits per heavy atom. The number of carbonyl (C=O) groups is 1. The first-order valence-electron chi connectivity index (χ1n) is 9.29. The van der Waals surface area contributed by atoms with E-state index in [0.717, 1.165) is 57.6 Å². The van der Waals surface area contributed by atoms with Crippen molar-refractivity contribution in [2.75, 3.05) is 26.2 Å². The molecule has 2 fully saturated rings. The zero-order valence-electron chi connectivity index (χ0n) is 15.5. The SMILES string of the molecule is Cc1c(C(=O)N2CCC(C(C)(C)C)CC2)nnn1C1CCNCC1. The summed E-state index contributed by atoms with van der Waals surface area (Å²) in [7, 11) is 0. The third kappa shape index (κ3) is 3.48. The highest BCUT2D eigenvalue weighted by Crippen LogP contribution is 2.34. The van der Waals surface area contributed by atoms with E-state index in [2.05, 4.69) is 36.4 Å². The second kappa shape index (κ2) is 6.82. The van der Waals surface area contributed by atoms with Crippen molar-refractivity contribution in [3.8, 4) is 0 Å². The normalized spacial score (nSPS) is 21.2. The van der Waals surface area contributed by atoms with Gasteiger partial charge >= 0.3 is 0 Å². The number of hydrogen-bond acceptors (Lipinski definition) is 4. The molecule has 0 saturated carbocycles. The molecule has 1 aromatic heterocycles. The monoisotopic (exact) mass is 333 g/mol. The van der Waals surface area contributed by atoms with Crippen LogP contribution in [-0.2, 0) is 0 Å². The Morgan fingerprint density at radius 2 is 1.75 bits per heavy atom. The summed E-state index contributed by atoms with van der Waals surface area (Å²) in [4.78, 5) is 14.8. The van der Waals surface area contributed by atoms with Crippen LogP contribution in [0.15, 0.2) is 0 Å². The predicted octanol–water partition coefficient (Wildman–Crippen LogP) is 2.41. The smallest absolute Gasteiger partial charge is 0.276 e. The van der Waals surface area contributed by atoms with Gasteiger partial charge in [0.25, 0.3) is 5.91 Å². The Hall–Kier alpha value is -1.43. The van der Waals surface area contributed by atoms with E-state index in [9.17, 15) is 4.79 Å². The van der Waals surface area contributed by atoms with Gasteiger partial charge in [-0.2, -0.15) is 0 Å².